The standard InChI is InChI=1S/C20H24N4O4/c1-11(2)16-12(3)23(10-15(25)26)19-21-17(22-24(19)18(16)27)13-6-8-14(9-7-13)20(4,5)28/h6-9,11,28H,10H2,1-5H3,(H,25,26). The van der Waals surface area contributed by atoms with Gasteiger partial charge in [-0.2, -0.15) is 9.50 Å². The Morgan fingerprint density at radius 2 is 1.82 bits per heavy atom. The van der Waals surface area contributed by atoms with E-state index in [2.05, 4.69) is 10.1 Å². The van der Waals surface area contributed by atoms with Crippen LogP contribution in [0.1, 0.15) is 50.4 Å². The molecule has 0 saturated carbocycles. The predicted molar refractivity (Wildman–Crippen MR) is 104 cm³/mol. The Bertz CT molecular complexity index is 1100. The van der Waals surface area contributed by atoms with Gasteiger partial charge in [-0.05, 0) is 32.3 Å². The van der Waals surface area contributed by atoms with Crippen LogP contribution >= 0.6 is 0 Å². The number of rotatable bonds is 5. The maximum absolute atomic E-state index is 12.9. The lowest BCUT2D eigenvalue weighted by molar-refractivity contribution is -0.137. The van der Waals surface area contributed by atoms with Crippen LogP contribution in [0.4, 0.5) is 0 Å². The van der Waals surface area contributed by atoms with Crippen molar-refractivity contribution in [2.75, 3.05) is 0 Å². The predicted octanol–water partition coefficient (Wildman–Crippen LogP) is 2.30. The molecule has 0 aliphatic rings. The Balaban J connectivity index is 2.24. The first-order valence-electron chi connectivity index (χ1n) is 9.06. The second-order valence-corrected chi connectivity index (χ2v) is 7.72. The number of hydrogen-bond donors (Lipinski definition) is 2. The highest BCUT2D eigenvalue weighted by molar-refractivity contribution is 5.68. The van der Waals surface area contributed by atoms with Crippen LogP contribution < -0.4 is 5.56 Å². The van der Waals surface area contributed by atoms with E-state index in [1.165, 1.54) is 9.08 Å². The summed E-state index contributed by atoms with van der Waals surface area (Å²) in [7, 11) is 0. The van der Waals surface area contributed by atoms with Gasteiger partial charge in [0.05, 0.1) is 5.60 Å². The van der Waals surface area contributed by atoms with Crippen LogP contribution in [0.5, 0.6) is 0 Å². The highest BCUT2D eigenvalue weighted by atomic mass is 16.4. The zero-order valence-electron chi connectivity index (χ0n) is 16.6. The van der Waals surface area contributed by atoms with E-state index in [-0.39, 0.29) is 23.8 Å². The third-order valence-corrected chi connectivity index (χ3v) is 4.77. The van der Waals surface area contributed by atoms with Crippen molar-refractivity contribution in [1.29, 1.82) is 0 Å². The number of carboxylic acid groups (broad SMARTS) is 1. The number of carbonyl (C=O) groups is 1. The van der Waals surface area contributed by atoms with Crippen LogP contribution in [-0.2, 0) is 16.9 Å². The summed E-state index contributed by atoms with van der Waals surface area (Å²) in [5.41, 5.74) is 1.23. The van der Waals surface area contributed by atoms with Crippen molar-refractivity contribution in [1.82, 2.24) is 19.2 Å². The molecule has 0 aliphatic heterocycles. The molecule has 0 unspecified atom stereocenters. The lowest BCUT2D eigenvalue weighted by Crippen LogP contribution is -2.28. The van der Waals surface area contributed by atoms with Gasteiger partial charge in [0.1, 0.15) is 6.54 Å². The highest BCUT2D eigenvalue weighted by Gasteiger charge is 2.22. The highest BCUT2D eigenvalue weighted by Crippen LogP contribution is 2.24. The average Bonchev–Trinajstić information content (AvgIpc) is 3.03. The minimum atomic E-state index is -1.03. The van der Waals surface area contributed by atoms with Gasteiger partial charge < -0.3 is 14.8 Å². The van der Waals surface area contributed by atoms with Crippen molar-refractivity contribution in [3.05, 3.63) is 51.4 Å². The topological polar surface area (TPSA) is 110 Å². The van der Waals surface area contributed by atoms with Gasteiger partial charge in [0.15, 0.2) is 5.82 Å². The molecule has 0 radical (unpaired) electrons. The van der Waals surface area contributed by atoms with Crippen molar-refractivity contribution < 1.29 is 15.0 Å². The van der Waals surface area contributed by atoms with Crippen LogP contribution in [0.25, 0.3) is 17.2 Å². The maximum atomic E-state index is 12.9. The lowest BCUT2D eigenvalue weighted by atomic mass is 9.97. The minimum Gasteiger partial charge on any atom is -0.480 e. The van der Waals surface area contributed by atoms with Gasteiger partial charge in [-0.25, -0.2) is 0 Å². The summed E-state index contributed by atoms with van der Waals surface area (Å²) in [6, 6.07) is 7.08. The fraction of sp³-hybridized carbons (Fsp3) is 0.400. The zero-order chi connectivity index (χ0) is 20.8. The molecule has 28 heavy (non-hydrogen) atoms. The van der Waals surface area contributed by atoms with Gasteiger partial charge in [0.2, 0.25) is 5.78 Å². The minimum absolute atomic E-state index is 0.0873. The number of aromatic nitrogens is 4. The SMILES string of the molecule is Cc1c(C(C)C)c(=O)n2nc(-c3ccc(C(C)(C)O)cc3)nc2n1CC(=O)O. The average molecular weight is 384 g/mol. The number of hydrogen-bond acceptors (Lipinski definition) is 5. The van der Waals surface area contributed by atoms with E-state index in [1.54, 1.807) is 45.0 Å². The van der Waals surface area contributed by atoms with E-state index in [0.29, 0.717) is 22.6 Å². The van der Waals surface area contributed by atoms with Crippen molar-refractivity contribution in [2.45, 2.75) is 52.7 Å². The molecule has 0 fully saturated rings. The van der Waals surface area contributed by atoms with Crippen molar-refractivity contribution in [3.8, 4) is 11.4 Å². The van der Waals surface area contributed by atoms with E-state index in [9.17, 15) is 19.8 Å². The Labute approximate surface area is 162 Å². The molecule has 148 valence electrons. The van der Waals surface area contributed by atoms with E-state index >= 15 is 0 Å². The number of carboxylic acids is 1. The summed E-state index contributed by atoms with van der Waals surface area (Å²) < 4.78 is 2.67. The van der Waals surface area contributed by atoms with Gasteiger partial charge >= 0.3 is 5.97 Å². The summed E-state index contributed by atoms with van der Waals surface area (Å²) in [4.78, 5) is 28.7. The van der Waals surface area contributed by atoms with Crippen molar-refractivity contribution in [3.63, 3.8) is 0 Å². The number of aliphatic carboxylic acids is 1. The molecule has 2 heterocycles. The first-order valence-corrected chi connectivity index (χ1v) is 9.06. The first kappa shape index (κ1) is 19.8. The van der Waals surface area contributed by atoms with Crippen LogP contribution in [0.2, 0.25) is 0 Å². The normalized spacial score (nSPS) is 12.1. The van der Waals surface area contributed by atoms with Gasteiger partial charge in [-0.15, -0.1) is 5.10 Å². The summed E-state index contributed by atoms with van der Waals surface area (Å²) >= 11 is 0. The fourth-order valence-electron chi connectivity index (χ4n) is 3.32. The molecule has 1 aromatic carbocycles. The van der Waals surface area contributed by atoms with Crippen molar-refractivity contribution >= 4 is 11.7 Å². The summed E-state index contributed by atoms with van der Waals surface area (Å²) in [5.74, 6) is -0.604. The van der Waals surface area contributed by atoms with Crippen LogP contribution in [0.3, 0.4) is 0 Å². The Kier molecular flexibility index (Phi) is 4.84. The first-order chi connectivity index (χ1) is 13.0. The van der Waals surface area contributed by atoms with Crippen LogP contribution in [0, 0.1) is 6.92 Å². The van der Waals surface area contributed by atoms with E-state index < -0.39 is 11.6 Å². The fourth-order valence-corrected chi connectivity index (χ4v) is 3.32. The molecule has 0 saturated heterocycles. The van der Waals surface area contributed by atoms with Gasteiger partial charge in [0, 0.05) is 16.8 Å². The summed E-state index contributed by atoms with van der Waals surface area (Å²) in [6.45, 7) is 8.57. The Hall–Kier alpha value is -3.00. The molecule has 0 bridgehead atoms. The van der Waals surface area contributed by atoms with E-state index in [1.807, 2.05) is 13.8 Å². The molecular weight excluding hydrogens is 360 g/mol. The molecule has 0 amide bonds. The zero-order valence-corrected chi connectivity index (χ0v) is 16.6. The summed E-state index contributed by atoms with van der Waals surface area (Å²) in [6.07, 6.45) is 0. The molecule has 0 atom stereocenters. The molecule has 0 spiro atoms. The lowest BCUT2D eigenvalue weighted by Gasteiger charge is -2.17. The third-order valence-electron chi connectivity index (χ3n) is 4.77. The second-order valence-electron chi connectivity index (χ2n) is 7.72. The Morgan fingerprint density at radius 3 is 2.32 bits per heavy atom. The molecule has 3 aromatic rings. The summed E-state index contributed by atoms with van der Waals surface area (Å²) in [5, 5.41) is 23.7. The van der Waals surface area contributed by atoms with Gasteiger partial charge in [-0.1, -0.05) is 38.1 Å². The quantitative estimate of drug-likeness (QED) is 0.698. The molecule has 2 aromatic heterocycles. The largest absolute Gasteiger partial charge is 0.480 e. The van der Waals surface area contributed by atoms with Crippen LogP contribution in [0.15, 0.2) is 29.1 Å². The monoisotopic (exact) mass is 384 g/mol. The molecule has 8 heteroatoms. The van der Waals surface area contributed by atoms with E-state index in [0.717, 1.165) is 5.56 Å². The van der Waals surface area contributed by atoms with E-state index in [4.69, 9.17) is 0 Å². The maximum Gasteiger partial charge on any atom is 0.323 e. The second kappa shape index (κ2) is 6.87. The molecule has 3 rings (SSSR count). The molecule has 2 N–H and O–H groups in total. The Morgan fingerprint density at radius 1 is 1.21 bits per heavy atom. The smallest absolute Gasteiger partial charge is 0.323 e. The number of benzene rings is 1. The number of nitrogens with zero attached hydrogens (tertiary/aromatic N) is 4. The molecule has 8 nitrogen and oxygen atoms in total. The number of fused-ring (bicyclic) bond motifs is 1. The molecule has 0 aliphatic carbocycles. The van der Waals surface area contributed by atoms with Gasteiger partial charge in [0.25, 0.3) is 5.56 Å². The van der Waals surface area contributed by atoms with Gasteiger partial charge in [-0.3, -0.25) is 9.59 Å². The number of aliphatic hydroxyl groups is 1. The molecular formula is C20H24N4O4. The van der Waals surface area contributed by atoms with Crippen molar-refractivity contribution in [2.24, 2.45) is 0 Å². The third kappa shape index (κ3) is 3.43. The van der Waals surface area contributed by atoms with Crippen LogP contribution in [-0.4, -0.2) is 35.3 Å².